The van der Waals surface area contributed by atoms with E-state index in [0.29, 0.717) is 0 Å². The van der Waals surface area contributed by atoms with Gasteiger partial charge in [-0.2, -0.15) is 18.4 Å². The van der Waals surface area contributed by atoms with Gasteiger partial charge in [0, 0.05) is 10.9 Å². The zero-order valence-corrected chi connectivity index (χ0v) is 8.30. The number of hydrogen-bond acceptors (Lipinski definition) is 2. The Labute approximate surface area is 93.1 Å². The molecule has 3 nitrogen and oxygen atoms in total. The summed E-state index contributed by atoms with van der Waals surface area (Å²) in [6.45, 7) is 0. The number of nitriles is 1. The number of alkyl halides is 3. The first-order valence-electron chi connectivity index (χ1n) is 4.57. The number of benzene rings is 1. The van der Waals surface area contributed by atoms with Gasteiger partial charge < -0.3 is 4.98 Å². The van der Waals surface area contributed by atoms with Crippen LogP contribution in [0.3, 0.4) is 0 Å². The molecule has 86 valence electrons. The third-order valence-corrected chi connectivity index (χ3v) is 2.30. The van der Waals surface area contributed by atoms with Crippen LogP contribution >= 0.6 is 0 Å². The molecule has 0 spiro atoms. The molecule has 17 heavy (non-hydrogen) atoms. The molecule has 2 aromatic rings. The minimum absolute atomic E-state index is 0.0591. The summed E-state index contributed by atoms with van der Waals surface area (Å²) >= 11 is 0. The van der Waals surface area contributed by atoms with Crippen LogP contribution in [0.2, 0.25) is 0 Å². The molecule has 1 N–H and O–H groups in total. The summed E-state index contributed by atoms with van der Waals surface area (Å²) < 4.78 is 37.9. The van der Waals surface area contributed by atoms with Gasteiger partial charge in [-0.25, -0.2) is 0 Å². The van der Waals surface area contributed by atoms with Crippen molar-refractivity contribution in [2.75, 3.05) is 0 Å². The van der Waals surface area contributed by atoms with Crippen LogP contribution in [-0.4, -0.2) is 4.98 Å². The van der Waals surface area contributed by atoms with E-state index in [4.69, 9.17) is 5.26 Å². The standard InChI is InChI=1S/C11H5F3N2O/c12-11(13,14)10-7(5-15)9(17)6-3-1-2-4-8(6)16-10/h1-4H,(H,16,17). The van der Waals surface area contributed by atoms with Crippen molar-refractivity contribution in [2.45, 2.75) is 6.18 Å². The molecule has 0 saturated heterocycles. The molecule has 1 heterocycles. The lowest BCUT2D eigenvalue weighted by molar-refractivity contribution is -0.141. The van der Waals surface area contributed by atoms with Crippen LogP contribution in [0.5, 0.6) is 0 Å². The number of aromatic nitrogens is 1. The first-order chi connectivity index (χ1) is 7.95. The Morgan fingerprint density at radius 2 is 1.88 bits per heavy atom. The second kappa shape index (κ2) is 3.63. The van der Waals surface area contributed by atoms with E-state index >= 15 is 0 Å². The van der Waals surface area contributed by atoms with Crippen molar-refractivity contribution in [3.05, 3.63) is 45.7 Å². The number of rotatable bonds is 0. The summed E-state index contributed by atoms with van der Waals surface area (Å²) in [4.78, 5) is 13.8. The Morgan fingerprint density at radius 1 is 1.24 bits per heavy atom. The Bertz CT molecular complexity index is 680. The van der Waals surface area contributed by atoms with Crippen LogP contribution in [0.4, 0.5) is 13.2 Å². The summed E-state index contributed by atoms with van der Waals surface area (Å²) in [6.07, 6.45) is -4.76. The molecule has 1 aromatic carbocycles. The topological polar surface area (TPSA) is 56.6 Å². The van der Waals surface area contributed by atoms with E-state index in [0.717, 1.165) is 0 Å². The molecule has 0 atom stereocenters. The van der Waals surface area contributed by atoms with Crippen molar-refractivity contribution < 1.29 is 13.2 Å². The van der Waals surface area contributed by atoms with Crippen molar-refractivity contribution in [1.29, 1.82) is 5.26 Å². The van der Waals surface area contributed by atoms with Crippen molar-refractivity contribution in [2.24, 2.45) is 0 Å². The average Bonchev–Trinajstić information content (AvgIpc) is 2.28. The Morgan fingerprint density at radius 3 is 2.47 bits per heavy atom. The maximum atomic E-state index is 12.6. The fraction of sp³-hybridized carbons (Fsp3) is 0.0909. The van der Waals surface area contributed by atoms with Gasteiger partial charge in [0.1, 0.15) is 17.3 Å². The van der Waals surface area contributed by atoms with Crippen molar-refractivity contribution in [3.63, 3.8) is 0 Å². The van der Waals surface area contributed by atoms with Gasteiger partial charge in [0.2, 0.25) is 5.43 Å². The number of aromatic amines is 1. The fourth-order valence-electron chi connectivity index (χ4n) is 1.55. The zero-order chi connectivity index (χ0) is 12.6. The van der Waals surface area contributed by atoms with E-state index in [1.807, 2.05) is 0 Å². The van der Waals surface area contributed by atoms with E-state index in [1.165, 1.54) is 30.3 Å². The maximum absolute atomic E-state index is 12.6. The number of H-pyrrole nitrogens is 1. The maximum Gasteiger partial charge on any atom is 0.432 e. The monoisotopic (exact) mass is 238 g/mol. The van der Waals surface area contributed by atoms with Crippen molar-refractivity contribution in [1.82, 2.24) is 4.98 Å². The number of hydrogen-bond donors (Lipinski definition) is 1. The number of fused-ring (bicyclic) bond motifs is 1. The Balaban J connectivity index is 2.97. The smallest absolute Gasteiger partial charge is 0.350 e. The average molecular weight is 238 g/mol. The summed E-state index contributed by atoms with van der Waals surface area (Å²) in [5, 5.41) is 8.72. The van der Waals surface area contributed by atoms with E-state index in [1.54, 1.807) is 0 Å². The molecule has 1 aromatic heterocycles. The van der Waals surface area contributed by atoms with E-state index in [-0.39, 0.29) is 10.9 Å². The van der Waals surface area contributed by atoms with Gasteiger partial charge in [-0.15, -0.1) is 0 Å². The number of nitrogens with zero attached hydrogens (tertiary/aromatic N) is 1. The van der Waals surface area contributed by atoms with E-state index in [2.05, 4.69) is 4.98 Å². The molecule has 0 aliphatic carbocycles. The van der Waals surface area contributed by atoms with Crippen molar-refractivity contribution in [3.8, 4) is 6.07 Å². The van der Waals surface area contributed by atoms with Crippen LogP contribution in [-0.2, 0) is 6.18 Å². The fourth-order valence-corrected chi connectivity index (χ4v) is 1.55. The van der Waals surface area contributed by atoms with Gasteiger partial charge >= 0.3 is 6.18 Å². The lowest BCUT2D eigenvalue weighted by Gasteiger charge is -2.09. The highest BCUT2D eigenvalue weighted by atomic mass is 19.4. The van der Waals surface area contributed by atoms with Crippen LogP contribution in [0, 0.1) is 11.3 Å². The molecule has 0 aliphatic heterocycles. The Hall–Kier alpha value is -2.29. The van der Waals surface area contributed by atoms with Gasteiger partial charge in [-0.3, -0.25) is 4.79 Å². The molecule has 0 saturated carbocycles. The molecule has 0 bridgehead atoms. The van der Waals surface area contributed by atoms with Crippen LogP contribution in [0.1, 0.15) is 11.3 Å². The highest BCUT2D eigenvalue weighted by molar-refractivity contribution is 5.80. The lowest BCUT2D eigenvalue weighted by Crippen LogP contribution is -2.19. The number of para-hydroxylation sites is 1. The van der Waals surface area contributed by atoms with Gasteiger partial charge in [0.05, 0.1) is 0 Å². The predicted molar refractivity (Wildman–Crippen MR) is 54.3 cm³/mol. The van der Waals surface area contributed by atoms with Crippen LogP contribution in [0.25, 0.3) is 10.9 Å². The number of halogens is 3. The number of nitrogens with one attached hydrogen (secondary N) is 1. The quantitative estimate of drug-likeness (QED) is 0.766. The van der Waals surface area contributed by atoms with E-state index < -0.39 is 22.9 Å². The predicted octanol–water partition coefficient (Wildman–Crippen LogP) is 2.42. The van der Waals surface area contributed by atoms with Crippen molar-refractivity contribution >= 4 is 10.9 Å². The molecule has 0 amide bonds. The molecule has 0 radical (unpaired) electrons. The minimum Gasteiger partial charge on any atom is -0.350 e. The van der Waals surface area contributed by atoms with Gasteiger partial charge in [0.15, 0.2) is 0 Å². The third kappa shape index (κ3) is 1.76. The first kappa shape index (κ1) is 11.2. The van der Waals surface area contributed by atoms with Gasteiger partial charge in [-0.1, -0.05) is 12.1 Å². The molecule has 6 heteroatoms. The summed E-state index contributed by atoms with van der Waals surface area (Å²) in [5.74, 6) is 0. The summed E-state index contributed by atoms with van der Waals surface area (Å²) in [7, 11) is 0. The second-order valence-electron chi connectivity index (χ2n) is 3.36. The molecule has 0 aliphatic rings. The summed E-state index contributed by atoms with van der Waals surface area (Å²) in [5.41, 5.74) is -3.06. The largest absolute Gasteiger partial charge is 0.432 e. The van der Waals surface area contributed by atoms with Crippen LogP contribution in [0.15, 0.2) is 29.1 Å². The molecule has 0 fully saturated rings. The molecule has 0 unspecified atom stereocenters. The minimum atomic E-state index is -4.76. The highest BCUT2D eigenvalue weighted by Crippen LogP contribution is 2.30. The molecular formula is C11H5F3N2O. The highest BCUT2D eigenvalue weighted by Gasteiger charge is 2.36. The zero-order valence-electron chi connectivity index (χ0n) is 8.30. The molecular weight excluding hydrogens is 233 g/mol. The normalized spacial score (nSPS) is 11.4. The first-order valence-corrected chi connectivity index (χ1v) is 4.57. The number of pyridine rings is 1. The Kier molecular flexibility index (Phi) is 2.39. The summed E-state index contributed by atoms with van der Waals surface area (Å²) in [6, 6.07) is 7.05. The SMILES string of the molecule is N#Cc1c(C(F)(F)F)[nH]c2ccccc2c1=O. The van der Waals surface area contributed by atoms with Gasteiger partial charge in [0.25, 0.3) is 0 Å². The third-order valence-electron chi connectivity index (χ3n) is 2.30. The van der Waals surface area contributed by atoms with Crippen LogP contribution < -0.4 is 5.43 Å². The molecule has 2 rings (SSSR count). The second-order valence-corrected chi connectivity index (χ2v) is 3.36. The van der Waals surface area contributed by atoms with E-state index in [9.17, 15) is 18.0 Å². The van der Waals surface area contributed by atoms with Gasteiger partial charge in [-0.05, 0) is 12.1 Å². The lowest BCUT2D eigenvalue weighted by atomic mass is 10.1.